The predicted octanol–water partition coefficient (Wildman–Crippen LogP) is 3.03. The molecule has 1 aliphatic heterocycles. The summed E-state index contributed by atoms with van der Waals surface area (Å²) >= 11 is 0. The molecule has 0 bridgehead atoms. The monoisotopic (exact) mass is 517 g/mol. The van der Waals surface area contributed by atoms with Gasteiger partial charge < -0.3 is 5.32 Å². The van der Waals surface area contributed by atoms with Gasteiger partial charge in [0.25, 0.3) is 5.91 Å². The van der Waals surface area contributed by atoms with Crippen LogP contribution in [0.1, 0.15) is 22.3 Å². The number of halogens is 3. The first-order valence-electron chi connectivity index (χ1n) is 10.0. The van der Waals surface area contributed by atoms with Gasteiger partial charge >= 0.3 is 6.18 Å². The van der Waals surface area contributed by atoms with E-state index in [0.717, 1.165) is 29.7 Å². The molecule has 3 rings (SSSR count). The summed E-state index contributed by atoms with van der Waals surface area (Å²) in [5, 5.41) is 3.24. The lowest BCUT2D eigenvalue weighted by atomic mass is 10.1. The molecular weight excluding hydrogens is 495 g/mol. The number of hydrogen-bond donors (Lipinski definition) is 2. The van der Waals surface area contributed by atoms with Crippen molar-refractivity contribution in [2.24, 2.45) is 5.92 Å². The maximum absolute atomic E-state index is 12.9. The number of hydrogen-bond acceptors (Lipinski definition) is 5. The van der Waals surface area contributed by atoms with E-state index < -0.39 is 37.7 Å². The van der Waals surface area contributed by atoms with Crippen molar-refractivity contribution in [1.29, 1.82) is 0 Å². The molecule has 13 heteroatoms. The Bertz CT molecular complexity index is 1260. The summed E-state index contributed by atoms with van der Waals surface area (Å²) in [5.41, 5.74) is -0.566. The average molecular weight is 518 g/mol. The van der Waals surface area contributed by atoms with Crippen LogP contribution in [0, 0.1) is 5.92 Å². The molecular formula is C21H22F3N3O5S2. The van der Waals surface area contributed by atoms with Crippen LogP contribution in [-0.4, -0.2) is 46.7 Å². The van der Waals surface area contributed by atoms with Gasteiger partial charge in [0.2, 0.25) is 20.0 Å². The third kappa shape index (κ3) is 6.23. The van der Waals surface area contributed by atoms with E-state index in [2.05, 4.69) is 16.6 Å². The summed E-state index contributed by atoms with van der Waals surface area (Å²) in [6.45, 7) is 3.65. The van der Waals surface area contributed by atoms with Crippen molar-refractivity contribution in [3.63, 3.8) is 0 Å². The first-order valence-corrected chi connectivity index (χ1v) is 13.0. The topological polar surface area (TPSA) is 113 Å². The maximum atomic E-state index is 12.9. The number of rotatable bonds is 8. The van der Waals surface area contributed by atoms with E-state index in [1.807, 2.05) is 0 Å². The molecule has 2 aromatic rings. The van der Waals surface area contributed by atoms with Gasteiger partial charge in [-0.2, -0.15) is 17.5 Å². The van der Waals surface area contributed by atoms with E-state index in [4.69, 9.17) is 0 Å². The summed E-state index contributed by atoms with van der Waals surface area (Å²) in [6.07, 6.45) is -4.01. The van der Waals surface area contributed by atoms with Crippen molar-refractivity contribution in [3.8, 4) is 0 Å². The molecule has 2 N–H and O–H groups in total. The number of nitrogens with zero attached hydrogens (tertiary/aromatic N) is 1. The highest BCUT2D eigenvalue weighted by atomic mass is 32.2. The Morgan fingerprint density at radius 1 is 1.06 bits per heavy atom. The van der Waals surface area contributed by atoms with Gasteiger partial charge in [-0.3, -0.25) is 4.79 Å². The van der Waals surface area contributed by atoms with Gasteiger partial charge in [0.05, 0.1) is 10.5 Å². The number of carbonyl (C=O) groups is 1. The summed E-state index contributed by atoms with van der Waals surface area (Å²) in [5.74, 6) is -0.808. The number of benzene rings is 2. The highest BCUT2D eigenvalue weighted by Gasteiger charge is 2.33. The lowest BCUT2D eigenvalue weighted by molar-refractivity contribution is -0.137. The fraction of sp³-hybridized carbons (Fsp3) is 0.286. The number of nitrogens with one attached hydrogen (secondary N) is 2. The van der Waals surface area contributed by atoms with E-state index in [1.54, 1.807) is 0 Å². The minimum absolute atomic E-state index is 0.0362. The number of carbonyl (C=O) groups excluding carboxylic acids is 1. The fourth-order valence-corrected chi connectivity index (χ4v) is 5.46. The molecule has 1 amide bonds. The zero-order valence-corrected chi connectivity index (χ0v) is 19.4. The SMILES string of the molecule is C=CS(=O)(=O)NC[C@H]1CCN(S(=O)(=O)c2ccc(C(=O)Nc3ccc(C(F)(F)F)cc3)cc2)C1. The molecule has 0 saturated carbocycles. The highest BCUT2D eigenvalue weighted by Crippen LogP contribution is 2.30. The van der Waals surface area contributed by atoms with E-state index in [-0.39, 0.29) is 41.7 Å². The zero-order valence-electron chi connectivity index (χ0n) is 17.7. The summed E-state index contributed by atoms with van der Waals surface area (Å²) in [6, 6.07) is 9.08. The Morgan fingerprint density at radius 2 is 1.68 bits per heavy atom. The molecule has 0 radical (unpaired) electrons. The maximum Gasteiger partial charge on any atom is 0.416 e. The highest BCUT2D eigenvalue weighted by molar-refractivity contribution is 7.92. The fourth-order valence-electron chi connectivity index (χ4n) is 3.35. The van der Waals surface area contributed by atoms with Gasteiger partial charge in [-0.25, -0.2) is 21.6 Å². The van der Waals surface area contributed by atoms with Gasteiger partial charge in [0, 0.05) is 36.3 Å². The average Bonchev–Trinajstić information content (AvgIpc) is 3.28. The Morgan fingerprint density at radius 3 is 2.24 bits per heavy atom. The van der Waals surface area contributed by atoms with Crippen LogP contribution in [0.15, 0.2) is 65.4 Å². The Kier molecular flexibility index (Phi) is 7.50. The van der Waals surface area contributed by atoms with Crippen LogP contribution in [0.3, 0.4) is 0 Å². The Hall–Kier alpha value is -2.74. The van der Waals surface area contributed by atoms with Crippen molar-refractivity contribution < 1.29 is 34.8 Å². The van der Waals surface area contributed by atoms with Crippen molar-refractivity contribution in [2.75, 3.05) is 25.0 Å². The molecule has 0 aliphatic carbocycles. The Labute approximate surface area is 195 Å². The second kappa shape index (κ2) is 9.86. The first-order chi connectivity index (χ1) is 15.8. The molecule has 1 heterocycles. The molecule has 0 spiro atoms. The van der Waals surface area contributed by atoms with Crippen molar-refractivity contribution in [2.45, 2.75) is 17.5 Å². The van der Waals surface area contributed by atoms with E-state index in [0.29, 0.717) is 6.42 Å². The normalized spacial score (nSPS) is 17.4. The number of anilines is 1. The number of amides is 1. The summed E-state index contributed by atoms with van der Waals surface area (Å²) < 4.78 is 90.3. The van der Waals surface area contributed by atoms with E-state index in [1.165, 1.54) is 28.6 Å². The standard InChI is InChI=1S/C21H22F3N3O5S2/c1-2-33(29,30)25-13-15-11-12-27(14-15)34(31,32)19-9-3-16(4-10-19)20(28)26-18-7-5-17(6-8-18)21(22,23)24/h2-10,15,25H,1,11-14H2,(H,26,28)/t15-/m1/s1. The van der Waals surface area contributed by atoms with Crippen LogP contribution in [0.5, 0.6) is 0 Å². The van der Waals surface area contributed by atoms with Crippen molar-refractivity contribution in [1.82, 2.24) is 9.03 Å². The number of alkyl halides is 3. The molecule has 0 aromatic heterocycles. The van der Waals surface area contributed by atoms with Crippen molar-refractivity contribution in [3.05, 3.63) is 71.6 Å². The van der Waals surface area contributed by atoms with Gasteiger partial charge in [-0.1, -0.05) is 6.58 Å². The lowest BCUT2D eigenvalue weighted by Crippen LogP contribution is -2.32. The predicted molar refractivity (Wildman–Crippen MR) is 120 cm³/mol. The molecule has 0 unspecified atom stereocenters. The van der Waals surface area contributed by atoms with Gasteiger partial charge in [-0.15, -0.1) is 0 Å². The molecule has 1 atom stereocenters. The molecule has 34 heavy (non-hydrogen) atoms. The van der Waals surface area contributed by atoms with E-state index in [9.17, 15) is 34.8 Å². The first kappa shape index (κ1) is 25.9. The van der Waals surface area contributed by atoms with Crippen LogP contribution in [0.2, 0.25) is 0 Å². The molecule has 1 aliphatic rings. The van der Waals surface area contributed by atoms with Gasteiger partial charge in [0.1, 0.15) is 0 Å². The third-order valence-corrected chi connectivity index (χ3v) is 8.15. The molecule has 1 saturated heterocycles. The second-order valence-electron chi connectivity index (χ2n) is 7.63. The molecule has 1 fully saturated rings. The van der Waals surface area contributed by atoms with Crippen LogP contribution in [0.25, 0.3) is 0 Å². The van der Waals surface area contributed by atoms with Crippen LogP contribution >= 0.6 is 0 Å². The second-order valence-corrected chi connectivity index (χ2v) is 11.3. The van der Waals surface area contributed by atoms with Crippen LogP contribution < -0.4 is 10.0 Å². The smallest absolute Gasteiger partial charge is 0.322 e. The summed E-state index contributed by atoms with van der Waals surface area (Å²) in [4.78, 5) is 12.3. The minimum atomic E-state index is -4.49. The van der Waals surface area contributed by atoms with Crippen molar-refractivity contribution >= 4 is 31.6 Å². The molecule has 2 aromatic carbocycles. The van der Waals surface area contributed by atoms with Crippen LogP contribution in [-0.2, 0) is 26.2 Å². The third-order valence-electron chi connectivity index (χ3n) is 5.27. The largest absolute Gasteiger partial charge is 0.416 e. The van der Waals surface area contributed by atoms with Gasteiger partial charge in [-0.05, 0) is 60.9 Å². The Balaban J connectivity index is 1.63. The van der Waals surface area contributed by atoms with Crippen LogP contribution in [0.4, 0.5) is 18.9 Å². The van der Waals surface area contributed by atoms with Gasteiger partial charge in [0.15, 0.2) is 0 Å². The lowest BCUT2D eigenvalue weighted by Gasteiger charge is -2.17. The summed E-state index contributed by atoms with van der Waals surface area (Å²) in [7, 11) is -7.45. The quantitative estimate of drug-likeness (QED) is 0.559. The van der Waals surface area contributed by atoms with E-state index >= 15 is 0 Å². The number of sulfonamides is 2. The zero-order chi connectivity index (χ0) is 25.1. The molecule has 184 valence electrons. The minimum Gasteiger partial charge on any atom is -0.322 e. The molecule has 8 nitrogen and oxygen atoms in total.